The highest BCUT2D eigenvalue weighted by atomic mass is 32.1. The van der Waals surface area contributed by atoms with E-state index in [9.17, 15) is 4.79 Å². The zero-order valence-electron chi connectivity index (χ0n) is 13.2. The van der Waals surface area contributed by atoms with E-state index >= 15 is 0 Å². The van der Waals surface area contributed by atoms with E-state index in [0.717, 1.165) is 16.6 Å². The monoisotopic (exact) mass is 322 g/mol. The van der Waals surface area contributed by atoms with Crippen LogP contribution in [0.15, 0.2) is 12.4 Å². The first kappa shape index (κ1) is 16.6. The first-order valence-corrected chi connectivity index (χ1v) is 8.21. The molecule has 0 atom stereocenters. The number of thiophene rings is 1. The third-order valence-corrected chi connectivity index (χ3v) is 3.92. The second-order valence-electron chi connectivity index (χ2n) is 5.27. The van der Waals surface area contributed by atoms with Crippen LogP contribution < -0.4 is 10.6 Å². The van der Waals surface area contributed by atoms with Crippen molar-refractivity contribution in [3.63, 3.8) is 0 Å². The van der Waals surface area contributed by atoms with Crippen molar-refractivity contribution in [3.8, 4) is 0 Å². The highest BCUT2D eigenvalue weighted by Crippen LogP contribution is 2.27. The Balaban J connectivity index is 1.76. The van der Waals surface area contributed by atoms with Crippen molar-refractivity contribution < 1.29 is 9.53 Å². The SMILES string of the molecule is Cc1cc2c(NCC(=O)NCCCOC(C)C)ncnc2s1. The Bertz CT molecular complexity index is 627. The van der Waals surface area contributed by atoms with Gasteiger partial charge >= 0.3 is 0 Å². The van der Waals surface area contributed by atoms with Gasteiger partial charge in [0.15, 0.2) is 0 Å². The van der Waals surface area contributed by atoms with Crippen molar-refractivity contribution in [2.45, 2.75) is 33.3 Å². The number of amides is 1. The van der Waals surface area contributed by atoms with Gasteiger partial charge < -0.3 is 15.4 Å². The van der Waals surface area contributed by atoms with Crippen molar-refractivity contribution in [2.75, 3.05) is 25.0 Å². The van der Waals surface area contributed by atoms with Gasteiger partial charge in [-0.15, -0.1) is 11.3 Å². The van der Waals surface area contributed by atoms with E-state index in [1.165, 1.54) is 11.2 Å². The maximum absolute atomic E-state index is 11.8. The number of nitrogens with zero attached hydrogens (tertiary/aromatic N) is 2. The van der Waals surface area contributed by atoms with Crippen molar-refractivity contribution in [1.82, 2.24) is 15.3 Å². The van der Waals surface area contributed by atoms with Crippen LogP contribution >= 0.6 is 11.3 Å². The smallest absolute Gasteiger partial charge is 0.239 e. The number of carbonyl (C=O) groups excluding carboxylic acids is 1. The summed E-state index contributed by atoms with van der Waals surface area (Å²) in [5.74, 6) is 0.649. The summed E-state index contributed by atoms with van der Waals surface area (Å²) in [7, 11) is 0. The molecule has 0 saturated carbocycles. The van der Waals surface area contributed by atoms with Crippen molar-refractivity contribution >= 4 is 33.3 Å². The third kappa shape index (κ3) is 4.92. The molecule has 120 valence electrons. The van der Waals surface area contributed by atoms with Gasteiger partial charge in [0.2, 0.25) is 5.91 Å². The summed E-state index contributed by atoms with van der Waals surface area (Å²) in [5.41, 5.74) is 0. The number of hydrogen-bond donors (Lipinski definition) is 2. The van der Waals surface area contributed by atoms with E-state index in [1.54, 1.807) is 11.3 Å². The first-order valence-electron chi connectivity index (χ1n) is 7.39. The Kier molecular flexibility index (Phi) is 6.09. The summed E-state index contributed by atoms with van der Waals surface area (Å²) in [4.78, 5) is 22.3. The lowest BCUT2D eigenvalue weighted by atomic mass is 10.3. The maximum atomic E-state index is 11.8. The van der Waals surface area contributed by atoms with Gasteiger partial charge in [-0.1, -0.05) is 0 Å². The molecule has 2 N–H and O–H groups in total. The molecule has 2 aromatic heterocycles. The molecule has 0 aliphatic rings. The van der Waals surface area contributed by atoms with Crippen LogP contribution in [0.4, 0.5) is 5.82 Å². The minimum Gasteiger partial charge on any atom is -0.379 e. The molecule has 2 aromatic rings. The topological polar surface area (TPSA) is 76.1 Å². The van der Waals surface area contributed by atoms with Crippen LogP contribution in [0.5, 0.6) is 0 Å². The third-order valence-electron chi connectivity index (χ3n) is 2.96. The lowest BCUT2D eigenvalue weighted by Crippen LogP contribution is -2.31. The van der Waals surface area contributed by atoms with E-state index < -0.39 is 0 Å². The second-order valence-corrected chi connectivity index (χ2v) is 6.51. The highest BCUT2D eigenvalue weighted by Gasteiger charge is 2.08. The van der Waals surface area contributed by atoms with Crippen molar-refractivity contribution in [3.05, 3.63) is 17.3 Å². The van der Waals surface area contributed by atoms with Gasteiger partial charge in [0.25, 0.3) is 0 Å². The van der Waals surface area contributed by atoms with Crippen LogP contribution in [-0.2, 0) is 9.53 Å². The number of aryl methyl sites for hydroxylation is 1. The fraction of sp³-hybridized carbons (Fsp3) is 0.533. The Labute approximate surface area is 134 Å². The standard InChI is InChI=1S/C15H22N4O2S/c1-10(2)21-6-4-5-16-13(20)8-17-14-12-7-11(3)22-15(12)19-9-18-14/h7,9-10H,4-6,8H2,1-3H3,(H,16,20)(H,17,18,19). The molecule has 0 fully saturated rings. The zero-order chi connectivity index (χ0) is 15.9. The Morgan fingerprint density at radius 2 is 2.23 bits per heavy atom. The van der Waals surface area contributed by atoms with Gasteiger partial charge in [-0.3, -0.25) is 4.79 Å². The average molecular weight is 322 g/mol. The second kappa shape index (κ2) is 8.05. The minimum absolute atomic E-state index is 0.0525. The van der Waals surface area contributed by atoms with Gasteiger partial charge in [-0.05, 0) is 33.3 Å². The lowest BCUT2D eigenvalue weighted by molar-refractivity contribution is -0.119. The number of hydrogen-bond acceptors (Lipinski definition) is 6. The molecule has 0 aliphatic heterocycles. The summed E-state index contributed by atoms with van der Waals surface area (Å²) in [6.07, 6.45) is 2.55. The summed E-state index contributed by atoms with van der Waals surface area (Å²) in [6.45, 7) is 7.50. The maximum Gasteiger partial charge on any atom is 0.239 e. The summed E-state index contributed by atoms with van der Waals surface area (Å²) in [5, 5.41) is 6.89. The molecule has 2 heterocycles. The van der Waals surface area contributed by atoms with E-state index in [0.29, 0.717) is 19.0 Å². The summed E-state index contributed by atoms with van der Waals surface area (Å²) >= 11 is 1.62. The highest BCUT2D eigenvalue weighted by molar-refractivity contribution is 7.18. The normalized spacial score (nSPS) is 11.1. The zero-order valence-corrected chi connectivity index (χ0v) is 14.0. The quantitative estimate of drug-likeness (QED) is 0.730. The fourth-order valence-electron chi connectivity index (χ4n) is 1.96. The van der Waals surface area contributed by atoms with Gasteiger partial charge in [-0.25, -0.2) is 9.97 Å². The molecule has 1 amide bonds. The van der Waals surface area contributed by atoms with E-state index in [4.69, 9.17) is 4.74 Å². The molecule has 0 bridgehead atoms. The Hall–Kier alpha value is -1.73. The average Bonchev–Trinajstić information content (AvgIpc) is 2.85. The molecule has 22 heavy (non-hydrogen) atoms. The van der Waals surface area contributed by atoms with E-state index in [2.05, 4.69) is 20.6 Å². The van der Waals surface area contributed by atoms with Crippen LogP contribution in [0.25, 0.3) is 10.2 Å². The molecule has 0 unspecified atom stereocenters. The van der Waals surface area contributed by atoms with Crippen LogP contribution in [0.2, 0.25) is 0 Å². The predicted octanol–water partition coefficient (Wildman–Crippen LogP) is 2.34. The number of fused-ring (bicyclic) bond motifs is 1. The van der Waals surface area contributed by atoms with Gasteiger partial charge in [0, 0.05) is 18.0 Å². The predicted molar refractivity (Wildman–Crippen MR) is 89.4 cm³/mol. The molecular formula is C15H22N4O2S. The van der Waals surface area contributed by atoms with Gasteiger partial charge in [0.1, 0.15) is 17.0 Å². The minimum atomic E-state index is -0.0525. The van der Waals surface area contributed by atoms with Gasteiger partial charge in [-0.2, -0.15) is 0 Å². The van der Waals surface area contributed by atoms with E-state index in [1.807, 2.05) is 26.8 Å². The fourth-order valence-corrected chi connectivity index (χ4v) is 2.81. The number of rotatable bonds is 8. The molecule has 0 radical (unpaired) electrons. The molecule has 0 saturated heterocycles. The van der Waals surface area contributed by atoms with Crippen LogP contribution in [0, 0.1) is 6.92 Å². The molecule has 0 aromatic carbocycles. The largest absolute Gasteiger partial charge is 0.379 e. The van der Waals surface area contributed by atoms with Crippen LogP contribution in [-0.4, -0.2) is 41.7 Å². The number of ether oxygens (including phenoxy) is 1. The summed E-state index contributed by atoms with van der Waals surface area (Å²) < 4.78 is 5.42. The number of carbonyl (C=O) groups is 1. The lowest BCUT2D eigenvalue weighted by Gasteiger charge is -2.09. The van der Waals surface area contributed by atoms with E-state index in [-0.39, 0.29) is 18.6 Å². The van der Waals surface area contributed by atoms with Crippen molar-refractivity contribution in [1.29, 1.82) is 0 Å². The van der Waals surface area contributed by atoms with Gasteiger partial charge in [0.05, 0.1) is 18.0 Å². The summed E-state index contributed by atoms with van der Waals surface area (Å²) in [6, 6.07) is 2.03. The van der Waals surface area contributed by atoms with Crippen LogP contribution in [0.1, 0.15) is 25.1 Å². The molecule has 0 spiro atoms. The molecule has 7 heteroatoms. The Morgan fingerprint density at radius 3 is 3.00 bits per heavy atom. The van der Waals surface area contributed by atoms with Crippen LogP contribution in [0.3, 0.4) is 0 Å². The number of anilines is 1. The molecule has 2 rings (SSSR count). The van der Waals surface area contributed by atoms with Crippen molar-refractivity contribution in [2.24, 2.45) is 0 Å². The Morgan fingerprint density at radius 1 is 1.41 bits per heavy atom. The molecule has 6 nitrogen and oxygen atoms in total. The number of aromatic nitrogens is 2. The first-order chi connectivity index (χ1) is 10.6. The number of nitrogens with one attached hydrogen (secondary N) is 2. The molecular weight excluding hydrogens is 300 g/mol. The molecule has 0 aliphatic carbocycles.